The van der Waals surface area contributed by atoms with Gasteiger partial charge in [-0.3, -0.25) is 4.79 Å². The molecule has 1 N–H and O–H groups in total. The Hall–Kier alpha value is -1.59. The second-order valence-corrected chi connectivity index (χ2v) is 6.40. The van der Waals surface area contributed by atoms with E-state index >= 15 is 0 Å². The molecule has 0 radical (unpaired) electrons. The van der Waals surface area contributed by atoms with E-state index in [1.807, 2.05) is 13.0 Å². The molecule has 1 aromatic carbocycles. The normalized spacial score (nSPS) is 22.2. The molecule has 1 heterocycles. The van der Waals surface area contributed by atoms with E-state index in [4.69, 9.17) is 19.3 Å². The fourth-order valence-electron chi connectivity index (χ4n) is 2.18. The van der Waals surface area contributed by atoms with Crippen molar-refractivity contribution < 1.29 is 24.1 Å². The van der Waals surface area contributed by atoms with Gasteiger partial charge in [-0.2, -0.15) is 0 Å². The van der Waals surface area contributed by atoms with Gasteiger partial charge in [0.1, 0.15) is 11.9 Å². The third-order valence-electron chi connectivity index (χ3n) is 3.32. The van der Waals surface area contributed by atoms with E-state index in [1.54, 1.807) is 24.3 Å². The first kappa shape index (κ1) is 20.5. The smallest absolute Gasteiger partial charge is 0.306 e. The Kier molecular flexibility index (Phi) is 10.1. The van der Waals surface area contributed by atoms with Crippen LogP contribution in [0.15, 0.2) is 30.3 Å². The number of esters is 1. The Morgan fingerprint density at radius 2 is 2.00 bits per heavy atom. The lowest BCUT2D eigenvalue weighted by atomic mass is 10.1. The summed E-state index contributed by atoms with van der Waals surface area (Å²) in [6.45, 7) is 8.05. The summed E-state index contributed by atoms with van der Waals surface area (Å²) in [4.78, 5) is 11.4. The molecule has 1 saturated heterocycles. The summed E-state index contributed by atoms with van der Waals surface area (Å²) < 4.78 is 16.6. The predicted octanol–water partition coefficient (Wildman–Crippen LogP) is 3.55. The zero-order valence-electron chi connectivity index (χ0n) is 14.9. The first-order valence-corrected chi connectivity index (χ1v) is 8.60. The maximum atomic E-state index is 11.4. The molecule has 1 aliphatic rings. The summed E-state index contributed by atoms with van der Waals surface area (Å²) in [5.41, 5.74) is 0. The third-order valence-corrected chi connectivity index (χ3v) is 3.32. The molecule has 24 heavy (non-hydrogen) atoms. The zero-order valence-corrected chi connectivity index (χ0v) is 14.9. The summed E-state index contributed by atoms with van der Waals surface area (Å²) in [7, 11) is 0. The topological polar surface area (TPSA) is 65.0 Å². The van der Waals surface area contributed by atoms with Crippen LogP contribution in [0.1, 0.15) is 40.0 Å². The number of carbonyl (C=O) groups is 1. The van der Waals surface area contributed by atoms with Crippen LogP contribution in [0.4, 0.5) is 0 Å². The van der Waals surface area contributed by atoms with Gasteiger partial charge in [-0.1, -0.05) is 32.0 Å². The number of cyclic esters (lactones) is 1. The molecule has 0 saturated carbocycles. The zero-order chi connectivity index (χ0) is 17.8. The van der Waals surface area contributed by atoms with Gasteiger partial charge in [-0.05, 0) is 31.4 Å². The Morgan fingerprint density at radius 3 is 2.58 bits per heavy atom. The van der Waals surface area contributed by atoms with Gasteiger partial charge in [-0.15, -0.1) is 0 Å². The fourth-order valence-corrected chi connectivity index (χ4v) is 2.18. The van der Waals surface area contributed by atoms with Gasteiger partial charge in [0, 0.05) is 26.1 Å². The molecular formula is C19H30O5. The summed E-state index contributed by atoms with van der Waals surface area (Å²) in [6, 6.07) is 8.71. The lowest BCUT2D eigenvalue weighted by molar-refractivity contribution is -0.152. The van der Waals surface area contributed by atoms with E-state index in [0.717, 1.165) is 6.42 Å². The van der Waals surface area contributed by atoms with Gasteiger partial charge in [0.05, 0.1) is 12.7 Å². The summed E-state index contributed by atoms with van der Waals surface area (Å²) in [6.07, 6.45) is 1.81. The van der Waals surface area contributed by atoms with Crippen molar-refractivity contribution in [1.82, 2.24) is 0 Å². The SMILES string of the molecule is CC(C)COC1COCCCC(=O)OC(C)C1.Oc1ccccc1. The Labute approximate surface area is 144 Å². The average molecular weight is 338 g/mol. The molecule has 136 valence electrons. The number of benzene rings is 1. The Balaban J connectivity index is 0.000000341. The minimum absolute atomic E-state index is 0.0262. The molecular weight excluding hydrogens is 308 g/mol. The highest BCUT2D eigenvalue weighted by atomic mass is 16.6. The van der Waals surface area contributed by atoms with Crippen LogP contribution >= 0.6 is 0 Å². The van der Waals surface area contributed by atoms with E-state index < -0.39 is 0 Å². The summed E-state index contributed by atoms with van der Waals surface area (Å²) in [5, 5.41) is 8.63. The van der Waals surface area contributed by atoms with E-state index in [9.17, 15) is 4.79 Å². The van der Waals surface area contributed by atoms with Crippen LogP contribution in [-0.2, 0) is 19.0 Å². The predicted molar refractivity (Wildman–Crippen MR) is 92.9 cm³/mol. The molecule has 0 bridgehead atoms. The highest BCUT2D eigenvalue weighted by Gasteiger charge is 2.19. The largest absolute Gasteiger partial charge is 0.508 e. The maximum absolute atomic E-state index is 11.4. The van der Waals surface area contributed by atoms with Crippen LogP contribution in [0.25, 0.3) is 0 Å². The number of rotatable bonds is 3. The molecule has 0 spiro atoms. The van der Waals surface area contributed by atoms with E-state index in [2.05, 4.69) is 13.8 Å². The number of hydrogen-bond donors (Lipinski definition) is 1. The molecule has 0 amide bonds. The van der Waals surface area contributed by atoms with Crippen LogP contribution in [0.5, 0.6) is 5.75 Å². The monoisotopic (exact) mass is 338 g/mol. The van der Waals surface area contributed by atoms with E-state index in [-0.39, 0.29) is 18.2 Å². The number of hydrogen-bond acceptors (Lipinski definition) is 5. The van der Waals surface area contributed by atoms with Crippen molar-refractivity contribution in [3.05, 3.63) is 30.3 Å². The molecule has 2 atom stereocenters. The second kappa shape index (κ2) is 11.9. The van der Waals surface area contributed by atoms with Crippen molar-refractivity contribution in [2.24, 2.45) is 5.92 Å². The lowest BCUT2D eigenvalue weighted by Gasteiger charge is -2.24. The third kappa shape index (κ3) is 10.2. The number of phenols is 1. The molecule has 2 unspecified atom stereocenters. The van der Waals surface area contributed by atoms with Crippen LogP contribution in [0.3, 0.4) is 0 Å². The van der Waals surface area contributed by atoms with Crippen LogP contribution in [0, 0.1) is 5.92 Å². The van der Waals surface area contributed by atoms with Crippen molar-refractivity contribution in [3.63, 3.8) is 0 Å². The first-order chi connectivity index (χ1) is 11.5. The highest BCUT2D eigenvalue weighted by Crippen LogP contribution is 2.12. The van der Waals surface area contributed by atoms with Gasteiger partial charge in [0.15, 0.2) is 0 Å². The lowest BCUT2D eigenvalue weighted by Crippen LogP contribution is -2.29. The Morgan fingerprint density at radius 1 is 1.29 bits per heavy atom. The minimum atomic E-state index is -0.134. The number of phenolic OH excluding ortho intramolecular Hbond substituents is 1. The fraction of sp³-hybridized carbons (Fsp3) is 0.632. The molecule has 0 aliphatic carbocycles. The first-order valence-electron chi connectivity index (χ1n) is 8.60. The van der Waals surface area contributed by atoms with Crippen molar-refractivity contribution in [2.75, 3.05) is 19.8 Å². The number of para-hydroxylation sites is 1. The quantitative estimate of drug-likeness (QED) is 0.854. The van der Waals surface area contributed by atoms with Gasteiger partial charge < -0.3 is 19.3 Å². The summed E-state index contributed by atoms with van der Waals surface area (Å²) in [5.74, 6) is 0.691. The number of carbonyl (C=O) groups excluding carboxylic acids is 1. The molecule has 0 aromatic heterocycles. The average Bonchev–Trinajstić information content (AvgIpc) is 2.53. The number of aromatic hydroxyl groups is 1. The van der Waals surface area contributed by atoms with Gasteiger partial charge >= 0.3 is 5.97 Å². The minimum Gasteiger partial charge on any atom is -0.508 e. The van der Waals surface area contributed by atoms with Crippen LogP contribution in [-0.4, -0.2) is 43.1 Å². The van der Waals surface area contributed by atoms with Gasteiger partial charge in [0.2, 0.25) is 0 Å². The molecule has 2 rings (SSSR count). The molecule has 5 nitrogen and oxygen atoms in total. The van der Waals surface area contributed by atoms with E-state index in [0.29, 0.717) is 44.3 Å². The van der Waals surface area contributed by atoms with E-state index in [1.165, 1.54) is 0 Å². The highest BCUT2D eigenvalue weighted by molar-refractivity contribution is 5.69. The van der Waals surface area contributed by atoms with Gasteiger partial charge in [-0.25, -0.2) is 0 Å². The van der Waals surface area contributed by atoms with Crippen LogP contribution < -0.4 is 0 Å². The molecule has 1 fully saturated rings. The molecule has 5 heteroatoms. The number of ether oxygens (including phenoxy) is 3. The van der Waals surface area contributed by atoms with Crippen LogP contribution in [0.2, 0.25) is 0 Å². The van der Waals surface area contributed by atoms with Crippen molar-refractivity contribution in [3.8, 4) is 5.75 Å². The van der Waals surface area contributed by atoms with Crippen molar-refractivity contribution in [1.29, 1.82) is 0 Å². The standard InChI is InChI=1S/C13H24O4.C6H6O/c1-10(2)8-16-12-7-11(3)17-13(14)5-4-6-15-9-12;7-6-4-2-1-3-5-6/h10-12H,4-9H2,1-3H3;1-5,7H. The maximum Gasteiger partial charge on any atom is 0.306 e. The Bertz CT molecular complexity index is 446. The molecule has 1 aromatic rings. The summed E-state index contributed by atoms with van der Waals surface area (Å²) >= 11 is 0. The van der Waals surface area contributed by atoms with Crippen molar-refractivity contribution in [2.45, 2.75) is 52.2 Å². The van der Waals surface area contributed by atoms with Crippen molar-refractivity contribution >= 4 is 5.97 Å². The second-order valence-electron chi connectivity index (χ2n) is 6.40. The van der Waals surface area contributed by atoms with Gasteiger partial charge in [0.25, 0.3) is 0 Å². The molecule has 1 aliphatic heterocycles.